The quantitative estimate of drug-likeness (QED) is 0.195. The maximum atomic E-state index is 12.5. The molecule has 0 bridgehead atoms. The number of nitrogens with one attached hydrogen (secondary N) is 2. The number of H-pyrrole nitrogens is 1. The fraction of sp³-hybridized carbons (Fsp3) is 0.0800. The van der Waals surface area contributed by atoms with E-state index >= 15 is 0 Å². The molecule has 0 spiro atoms. The molecular weight excluding hydrogens is 470 g/mol. The summed E-state index contributed by atoms with van der Waals surface area (Å²) < 4.78 is 5.79. The van der Waals surface area contributed by atoms with Gasteiger partial charge < -0.3 is 4.74 Å². The van der Waals surface area contributed by atoms with Gasteiger partial charge in [-0.15, -0.1) is 0 Å². The summed E-state index contributed by atoms with van der Waals surface area (Å²) >= 11 is 6.16. The standard InChI is InChI=1S/C25H20ClN5O4/c1-16(17-6-10-20(11-7-17)31(33)34)27-30-25(32)24-14-23(28-29-24)18-8-12-21(13-9-18)35-15-19-4-2-3-5-22(19)26/h2-14H,15H2,1H3,(H,28,29)(H,30,32)/b27-16-. The minimum atomic E-state index is -0.477. The van der Waals surface area contributed by atoms with Gasteiger partial charge in [0.2, 0.25) is 0 Å². The normalized spacial score (nSPS) is 11.2. The monoisotopic (exact) mass is 489 g/mol. The van der Waals surface area contributed by atoms with Crippen LogP contribution in [0.2, 0.25) is 5.02 Å². The van der Waals surface area contributed by atoms with E-state index in [1.165, 1.54) is 12.1 Å². The summed E-state index contributed by atoms with van der Waals surface area (Å²) in [5, 5.41) is 22.4. The van der Waals surface area contributed by atoms with E-state index in [1.807, 2.05) is 48.5 Å². The van der Waals surface area contributed by atoms with Crippen LogP contribution in [0.3, 0.4) is 0 Å². The molecule has 176 valence electrons. The Bertz CT molecular complexity index is 1380. The van der Waals surface area contributed by atoms with Gasteiger partial charge in [-0.25, -0.2) is 5.43 Å². The van der Waals surface area contributed by atoms with E-state index in [4.69, 9.17) is 16.3 Å². The third-order valence-corrected chi connectivity index (χ3v) is 5.51. The number of rotatable bonds is 8. The molecule has 0 atom stereocenters. The molecule has 0 aliphatic heterocycles. The third kappa shape index (κ3) is 5.90. The van der Waals surface area contributed by atoms with Crippen molar-refractivity contribution in [2.24, 2.45) is 5.10 Å². The third-order valence-electron chi connectivity index (χ3n) is 5.15. The average molecular weight is 490 g/mol. The van der Waals surface area contributed by atoms with E-state index in [2.05, 4.69) is 20.7 Å². The number of nitro groups is 1. The number of non-ortho nitro benzene ring substituents is 1. The van der Waals surface area contributed by atoms with E-state index in [9.17, 15) is 14.9 Å². The van der Waals surface area contributed by atoms with Crippen molar-refractivity contribution in [3.63, 3.8) is 0 Å². The molecule has 0 unspecified atom stereocenters. The van der Waals surface area contributed by atoms with Gasteiger partial charge in [-0.05, 0) is 61.0 Å². The molecule has 0 fully saturated rings. The molecule has 9 nitrogen and oxygen atoms in total. The van der Waals surface area contributed by atoms with Crippen LogP contribution >= 0.6 is 11.6 Å². The molecular formula is C25H20ClN5O4. The van der Waals surface area contributed by atoms with Gasteiger partial charge in [-0.3, -0.25) is 20.0 Å². The second kappa shape index (κ2) is 10.6. The summed E-state index contributed by atoms with van der Waals surface area (Å²) in [5.74, 6) is 0.211. The zero-order valence-corrected chi connectivity index (χ0v) is 19.3. The van der Waals surface area contributed by atoms with Crippen LogP contribution in [0.4, 0.5) is 5.69 Å². The number of hydrazone groups is 1. The molecule has 0 radical (unpaired) electrons. The Labute approximate surface area is 205 Å². The van der Waals surface area contributed by atoms with E-state index < -0.39 is 10.8 Å². The number of nitrogens with zero attached hydrogens (tertiary/aromatic N) is 3. The number of nitro benzene ring substituents is 1. The number of amides is 1. The number of aromatic amines is 1. The van der Waals surface area contributed by atoms with Crippen molar-refractivity contribution in [1.82, 2.24) is 15.6 Å². The highest BCUT2D eigenvalue weighted by molar-refractivity contribution is 6.31. The first-order valence-electron chi connectivity index (χ1n) is 10.5. The summed E-state index contributed by atoms with van der Waals surface area (Å²) in [6.07, 6.45) is 0. The predicted octanol–water partition coefficient (Wildman–Crippen LogP) is 5.37. The molecule has 0 saturated carbocycles. The predicted molar refractivity (Wildman–Crippen MR) is 133 cm³/mol. The Morgan fingerprint density at radius 3 is 2.51 bits per heavy atom. The Hall–Kier alpha value is -4.50. The zero-order valence-electron chi connectivity index (χ0n) is 18.6. The summed E-state index contributed by atoms with van der Waals surface area (Å²) in [6, 6.07) is 22.3. The van der Waals surface area contributed by atoms with Crippen molar-refractivity contribution in [2.75, 3.05) is 0 Å². The van der Waals surface area contributed by atoms with Gasteiger partial charge in [0.1, 0.15) is 18.1 Å². The van der Waals surface area contributed by atoms with Crippen LogP contribution < -0.4 is 10.2 Å². The first-order valence-corrected chi connectivity index (χ1v) is 10.9. The molecule has 35 heavy (non-hydrogen) atoms. The van der Waals surface area contributed by atoms with Crippen molar-refractivity contribution in [1.29, 1.82) is 0 Å². The lowest BCUT2D eigenvalue weighted by Crippen LogP contribution is -2.19. The Balaban J connectivity index is 1.36. The number of aromatic nitrogens is 2. The molecule has 1 heterocycles. The Morgan fingerprint density at radius 1 is 1.11 bits per heavy atom. The molecule has 4 aromatic rings. The molecule has 0 aliphatic rings. The number of hydrogen-bond acceptors (Lipinski definition) is 6. The van der Waals surface area contributed by atoms with Crippen molar-refractivity contribution in [2.45, 2.75) is 13.5 Å². The van der Waals surface area contributed by atoms with E-state index in [1.54, 1.807) is 25.1 Å². The van der Waals surface area contributed by atoms with E-state index in [0.717, 1.165) is 11.1 Å². The lowest BCUT2D eigenvalue weighted by molar-refractivity contribution is -0.384. The highest BCUT2D eigenvalue weighted by Crippen LogP contribution is 2.23. The first kappa shape index (κ1) is 23.7. The average Bonchev–Trinajstić information content (AvgIpc) is 3.37. The van der Waals surface area contributed by atoms with Crippen LogP contribution in [0, 0.1) is 10.1 Å². The molecule has 1 aromatic heterocycles. The molecule has 0 saturated heterocycles. The highest BCUT2D eigenvalue weighted by Gasteiger charge is 2.12. The van der Waals surface area contributed by atoms with Crippen molar-refractivity contribution in [3.8, 4) is 17.0 Å². The van der Waals surface area contributed by atoms with Crippen LogP contribution in [0.25, 0.3) is 11.3 Å². The fourth-order valence-corrected chi connectivity index (χ4v) is 3.36. The van der Waals surface area contributed by atoms with Crippen LogP contribution in [0.15, 0.2) is 84.0 Å². The summed E-state index contributed by atoms with van der Waals surface area (Å²) in [6.45, 7) is 2.04. The topological polar surface area (TPSA) is 123 Å². The molecule has 4 rings (SSSR count). The zero-order chi connectivity index (χ0) is 24.8. The van der Waals surface area contributed by atoms with Crippen LogP contribution in [0.5, 0.6) is 5.75 Å². The number of carbonyl (C=O) groups excluding carboxylic acids is 1. The molecule has 10 heteroatoms. The van der Waals surface area contributed by atoms with Crippen molar-refractivity contribution >= 4 is 28.9 Å². The summed E-state index contributed by atoms with van der Waals surface area (Å²) in [7, 11) is 0. The van der Waals surface area contributed by atoms with Crippen LogP contribution in [-0.4, -0.2) is 26.7 Å². The minimum absolute atomic E-state index is 0.0178. The number of ether oxygens (including phenoxy) is 1. The largest absolute Gasteiger partial charge is 0.489 e. The number of benzene rings is 3. The SMILES string of the molecule is C/C(=N/NC(=O)c1cc(-c2ccc(OCc3ccccc3Cl)cc2)n[nH]1)c1ccc([N+](=O)[O-])cc1. The van der Waals surface area contributed by atoms with Crippen molar-refractivity contribution in [3.05, 3.63) is 111 Å². The van der Waals surface area contributed by atoms with Gasteiger partial charge in [0.25, 0.3) is 11.6 Å². The smallest absolute Gasteiger partial charge is 0.289 e. The number of carbonyl (C=O) groups is 1. The maximum Gasteiger partial charge on any atom is 0.289 e. The van der Waals surface area contributed by atoms with Crippen LogP contribution in [-0.2, 0) is 6.61 Å². The van der Waals surface area contributed by atoms with Gasteiger partial charge in [0.15, 0.2) is 0 Å². The highest BCUT2D eigenvalue weighted by atomic mass is 35.5. The maximum absolute atomic E-state index is 12.5. The lowest BCUT2D eigenvalue weighted by Gasteiger charge is -2.08. The van der Waals surface area contributed by atoms with Gasteiger partial charge in [-0.1, -0.05) is 29.8 Å². The second-order valence-corrected chi connectivity index (χ2v) is 7.92. The molecule has 3 aromatic carbocycles. The van der Waals surface area contributed by atoms with Gasteiger partial charge in [-0.2, -0.15) is 10.2 Å². The van der Waals surface area contributed by atoms with Gasteiger partial charge >= 0.3 is 0 Å². The van der Waals surface area contributed by atoms with E-state index in [-0.39, 0.29) is 11.4 Å². The molecule has 0 aliphatic carbocycles. The molecule has 1 amide bonds. The second-order valence-electron chi connectivity index (χ2n) is 7.51. The Kier molecular flexibility index (Phi) is 7.18. The van der Waals surface area contributed by atoms with Crippen molar-refractivity contribution < 1.29 is 14.5 Å². The number of halogens is 1. The number of hydrogen-bond donors (Lipinski definition) is 2. The van der Waals surface area contributed by atoms with Crippen LogP contribution in [0.1, 0.15) is 28.5 Å². The summed E-state index contributed by atoms with van der Waals surface area (Å²) in [4.78, 5) is 22.8. The molecule has 2 N–H and O–H groups in total. The first-order chi connectivity index (χ1) is 16.9. The minimum Gasteiger partial charge on any atom is -0.489 e. The van der Waals surface area contributed by atoms with Gasteiger partial charge in [0, 0.05) is 28.3 Å². The fourth-order valence-electron chi connectivity index (χ4n) is 3.17. The Morgan fingerprint density at radius 2 is 1.83 bits per heavy atom. The van der Waals surface area contributed by atoms with E-state index in [0.29, 0.717) is 34.3 Å². The lowest BCUT2D eigenvalue weighted by atomic mass is 10.1. The summed E-state index contributed by atoms with van der Waals surface area (Å²) in [5.41, 5.74) is 6.11. The van der Waals surface area contributed by atoms with Gasteiger partial charge in [0.05, 0.1) is 16.3 Å².